The van der Waals surface area contributed by atoms with E-state index in [1.165, 1.54) is 0 Å². The van der Waals surface area contributed by atoms with Gasteiger partial charge in [-0.3, -0.25) is 0 Å². The zero-order chi connectivity index (χ0) is 7.40. The van der Waals surface area contributed by atoms with E-state index in [1.807, 2.05) is 17.8 Å². The van der Waals surface area contributed by atoms with Crippen molar-refractivity contribution in [2.45, 2.75) is 13.0 Å². The van der Waals surface area contributed by atoms with Gasteiger partial charge in [0.2, 0.25) is 6.33 Å². The SMILES string of the molecule is C[n+]1ccn(CCCS)c1. The van der Waals surface area contributed by atoms with E-state index >= 15 is 0 Å². The molecule has 2 nitrogen and oxygen atoms in total. The molecule has 1 aromatic rings. The molecule has 1 heterocycles. The van der Waals surface area contributed by atoms with Gasteiger partial charge >= 0.3 is 0 Å². The predicted octanol–water partition coefficient (Wildman–Crippen LogP) is 0.632. The topological polar surface area (TPSA) is 8.81 Å². The standard InChI is InChI=1S/C7H12N2S/c1-8-4-5-9(7-8)3-2-6-10/h4-5,7H,2-3,6H2,1H3/p+1. The third-order valence-electron chi connectivity index (χ3n) is 1.40. The molecule has 0 amide bonds. The van der Waals surface area contributed by atoms with Crippen molar-refractivity contribution in [3.8, 4) is 0 Å². The van der Waals surface area contributed by atoms with Crippen molar-refractivity contribution in [1.29, 1.82) is 0 Å². The Balaban J connectivity index is 2.42. The minimum absolute atomic E-state index is 0.960. The summed E-state index contributed by atoms with van der Waals surface area (Å²) in [4.78, 5) is 0. The molecule has 0 spiro atoms. The molecule has 0 atom stereocenters. The summed E-state index contributed by atoms with van der Waals surface area (Å²) in [6, 6.07) is 0. The summed E-state index contributed by atoms with van der Waals surface area (Å²) in [7, 11) is 2.02. The quantitative estimate of drug-likeness (QED) is 0.487. The second-order valence-corrected chi connectivity index (χ2v) is 2.84. The van der Waals surface area contributed by atoms with Crippen LogP contribution in [0.2, 0.25) is 0 Å². The van der Waals surface area contributed by atoms with Gasteiger partial charge in [-0.25, -0.2) is 9.13 Å². The third-order valence-corrected chi connectivity index (χ3v) is 1.71. The highest BCUT2D eigenvalue weighted by atomic mass is 32.1. The van der Waals surface area contributed by atoms with Crippen molar-refractivity contribution < 1.29 is 4.57 Å². The summed E-state index contributed by atoms with van der Waals surface area (Å²) in [5.74, 6) is 0.960. The molecule has 0 unspecified atom stereocenters. The number of imidazole rings is 1. The fraction of sp³-hybridized carbons (Fsp3) is 0.571. The van der Waals surface area contributed by atoms with Crippen LogP contribution in [0.3, 0.4) is 0 Å². The maximum atomic E-state index is 4.14. The number of nitrogens with zero attached hydrogens (tertiary/aromatic N) is 2. The van der Waals surface area contributed by atoms with Crippen LogP contribution >= 0.6 is 12.6 Å². The lowest BCUT2D eigenvalue weighted by Gasteiger charge is -1.90. The fourth-order valence-electron chi connectivity index (χ4n) is 0.887. The first-order valence-electron chi connectivity index (χ1n) is 3.45. The first kappa shape index (κ1) is 7.66. The number of aromatic nitrogens is 2. The lowest BCUT2D eigenvalue weighted by atomic mass is 10.5. The number of thiol groups is 1. The van der Waals surface area contributed by atoms with Gasteiger partial charge in [0.1, 0.15) is 12.4 Å². The monoisotopic (exact) mass is 157 g/mol. The van der Waals surface area contributed by atoms with Crippen LogP contribution in [-0.4, -0.2) is 10.3 Å². The molecule has 3 heteroatoms. The molecule has 1 rings (SSSR count). The van der Waals surface area contributed by atoms with Crippen LogP contribution in [0.15, 0.2) is 18.7 Å². The lowest BCUT2D eigenvalue weighted by molar-refractivity contribution is -0.671. The summed E-state index contributed by atoms with van der Waals surface area (Å²) in [6.07, 6.45) is 7.32. The molecule has 10 heavy (non-hydrogen) atoms. The first-order chi connectivity index (χ1) is 4.83. The van der Waals surface area contributed by atoms with Crippen LogP contribution in [-0.2, 0) is 13.6 Å². The van der Waals surface area contributed by atoms with Crippen LogP contribution in [0.5, 0.6) is 0 Å². The first-order valence-corrected chi connectivity index (χ1v) is 4.08. The maximum Gasteiger partial charge on any atom is 0.243 e. The smallest absolute Gasteiger partial charge is 0.240 e. The lowest BCUT2D eigenvalue weighted by Crippen LogP contribution is -2.23. The molecule has 0 saturated heterocycles. The normalized spacial score (nSPS) is 10.2. The van der Waals surface area contributed by atoms with Crippen molar-refractivity contribution in [2.24, 2.45) is 7.05 Å². The molecule has 0 radical (unpaired) electrons. The summed E-state index contributed by atoms with van der Waals surface area (Å²) in [5.41, 5.74) is 0. The van der Waals surface area contributed by atoms with Gasteiger partial charge in [-0.2, -0.15) is 12.6 Å². The minimum atomic E-state index is 0.960. The zero-order valence-corrected chi connectivity index (χ0v) is 7.09. The van der Waals surface area contributed by atoms with Gasteiger partial charge in [0.15, 0.2) is 0 Å². The van der Waals surface area contributed by atoms with E-state index in [0.29, 0.717) is 0 Å². The molecule has 56 valence electrons. The van der Waals surface area contributed by atoms with Crippen molar-refractivity contribution in [3.05, 3.63) is 18.7 Å². The molecular formula is C7H13N2S+. The average Bonchev–Trinajstić information content (AvgIpc) is 2.31. The van der Waals surface area contributed by atoms with Gasteiger partial charge in [0, 0.05) is 0 Å². The van der Waals surface area contributed by atoms with Crippen molar-refractivity contribution in [3.63, 3.8) is 0 Å². The van der Waals surface area contributed by atoms with Crippen LogP contribution in [0.4, 0.5) is 0 Å². The number of aryl methyl sites for hydroxylation is 2. The van der Waals surface area contributed by atoms with Crippen molar-refractivity contribution in [1.82, 2.24) is 4.57 Å². The second kappa shape index (κ2) is 3.66. The van der Waals surface area contributed by atoms with Gasteiger partial charge in [-0.1, -0.05) is 0 Å². The van der Waals surface area contributed by atoms with Crippen LogP contribution in [0.1, 0.15) is 6.42 Å². The molecule has 0 bridgehead atoms. The van der Waals surface area contributed by atoms with Crippen LogP contribution in [0.25, 0.3) is 0 Å². The van der Waals surface area contributed by atoms with E-state index in [-0.39, 0.29) is 0 Å². The van der Waals surface area contributed by atoms with Gasteiger partial charge in [0.05, 0.1) is 13.6 Å². The summed E-state index contributed by atoms with van der Waals surface area (Å²) in [6.45, 7) is 1.07. The number of hydrogen-bond donors (Lipinski definition) is 1. The summed E-state index contributed by atoms with van der Waals surface area (Å²) >= 11 is 4.14. The Kier molecular flexibility index (Phi) is 2.81. The van der Waals surface area contributed by atoms with E-state index in [9.17, 15) is 0 Å². The number of rotatable bonds is 3. The van der Waals surface area contributed by atoms with E-state index in [4.69, 9.17) is 0 Å². The largest absolute Gasteiger partial charge is 0.243 e. The highest BCUT2D eigenvalue weighted by Gasteiger charge is 1.96. The molecule has 0 N–H and O–H groups in total. The highest BCUT2D eigenvalue weighted by molar-refractivity contribution is 7.80. The van der Waals surface area contributed by atoms with E-state index < -0.39 is 0 Å². The predicted molar refractivity (Wildman–Crippen MR) is 44.1 cm³/mol. The third kappa shape index (κ3) is 2.06. The molecule has 0 aliphatic carbocycles. The molecule has 0 aromatic carbocycles. The number of hydrogen-bond acceptors (Lipinski definition) is 1. The molecular weight excluding hydrogens is 144 g/mol. The molecule has 0 aliphatic heterocycles. The van der Waals surface area contributed by atoms with E-state index in [1.54, 1.807) is 0 Å². The minimum Gasteiger partial charge on any atom is -0.240 e. The highest BCUT2D eigenvalue weighted by Crippen LogP contribution is 1.90. The summed E-state index contributed by atoms with van der Waals surface area (Å²) in [5, 5.41) is 0. The molecule has 0 fully saturated rings. The van der Waals surface area contributed by atoms with Gasteiger partial charge in [-0.15, -0.1) is 0 Å². The van der Waals surface area contributed by atoms with Crippen molar-refractivity contribution >= 4 is 12.6 Å². The fourth-order valence-corrected chi connectivity index (χ4v) is 1.03. The van der Waals surface area contributed by atoms with Gasteiger partial charge < -0.3 is 0 Å². The Morgan fingerprint density at radius 1 is 1.60 bits per heavy atom. The Morgan fingerprint density at radius 3 is 2.90 bits per heavy atom. The Bertz CT molecular complexity index is 195. The van der Waals surface area contributed by atoms with Crippen LogP contribution in [0, 0.1) is 0 Å². The van der Waals surface area contributed by atoms with E-state index in [0.717, 1.165) is 18.7 Å². The zero-order valence-electron chi connectivity index (χ0n) is 6.20. The average molecular weight is 157 g/mol. The van der Waals surface area contributed by atoms with Gasteiger partial charge in [-0.05, 0) is 12.2 Å². The van der Waals surface area contributed by atoms with Crippen LogP contribution < -0.4 is 4.57 Å². The maximum absolute atomic E-state index is 4.14. The molecule has 1 aromatic heterocycles. The molecule has 0 saturated carbocycles. The second-order valence-electron chi connectivity index (χ2n) is 2.39. The summed E-state index contributed by atoms with van der Waals surface area (Å²) < 4.78 is 4.20. The van der Waals surface area contributed by atoms with Crippen molar-refractivity contribution in [2.75, 3.05) is 5.75 Å². The van der Waals surface area contributed by atoms with Gasteiger partial charge in [0.25, 0.3) is 0 Å². The van der Waals surface area contributed by atoms with E-state index in [2.05, 4.69) is 29.7 Å². The Morgan fingerprint density at radius 2 is 2.40 bits per heavy atom. The Hall–Kier alpha value is -0.440. The molecule has 0 aliphatic rings. The Labute approximate surface area is 66.9 Å².